The summed E-state index contributed by atoms with van der Waals surface area (Å²) in [6, 6.07) is 5.97. The van der Waals surface area contributed by atoms with Crippen LogP contribution < -0.4 is 5.32 Å². The predicted molar refractivity (Wildman–Crippen MR) is 95.1 cm³/mol. The molecule has 2 amide bonds. The number of hydrogen-bond acceptors (Lipinski definition) is 3. The second-order valence-corrected chi connectivity index (χ2v) is 7.19. The second kappa shape index (κ2) is 7.99. The Hall–Kier alpha value is -1.59. The SMILES string of the molecule is CC(C)c1ccc2c(c1)[C@H](NC(=O)N(C[C@H](C)O)[C@@H](C)CO)CC2. The first kappa shape index (κ1) is 18.7. The zero-order chi connectivity index (χ0) is 17.9. The number of aryl methyl sites for hydroxylation is 1. The summed E-state index contributed by atoms with van der Waals surface area (Å²) in [6.07, 6.45) is 1.22. The average Bonchev–Trinajstić information content (AvgIpc) is 2.93. The molecule has 0 aliphatic heterocycles. The van der Waals surface area contributed by atoms with Crippen molar-refractivity contribution in [1.82, 2.24) is 10.2 Å². The van der Waals surface area contributed by atoms with Crippen molar-refractivity contribution in [1.29, 1.82) is 0 Å². The largest absolute Gasteiger partial charge is 0.394 e. The number of carbonyl (C=O) groups excluding carboxylic acids is 1. The molecule has 0 fully saturated rings. The average molecular weight is 334 g/mol. The maximum atomic E-state index is 12.7. The Morgan fingerprint density at radius 1 is 1.33 bits per heavy atom. The van der Waals surface area contributed by atoms with Gasteiger partial charge in [0.25, 0.3) is 0 Å². The van der Waals surface area contributed by atoms with E-state index in [0.29, 0.717) is 5.92 Å². The molecular weight excluding hydrogens is 304 g/mol. The van der Waals surface area contributed by atoms with Crippen LogP contribution in [-0.2, 0) is 6.42 Å². The molecular formula is C19H30N2O3. The van der Waals surface area contributed by atoms with Gasteiger partial charge in [0, 0.05) is 6.54 Å². The highest BCUT2D eigenvalue weighted by molar-refractivity contribution is 5.75. The molecule has 0 saturated carbocycles. The summed E-state index contributed by atoms with van der Waals surface area (Å²) in [5, 5.41) is 22.1. The molecule has 0 heterocycles. The van der Waals surface area contributed by atoms with Gasteiger partial charge in [0.05, 0.1) is 24.8 Å². The molecule has 0 saturated heterocycles. The lowest BCUT2D eigenvalue weighted by atomic mass is 9.97. The normalized spacial score (nSPS) is 19.0. The van der Waals surface area contributed by atoms with Crippen molar-refractivity contribution in [2.75, 3.05) is 13.2 Å². The van der Waals surface area contributed by atoms with Gasteiger partial charge in [-0.15, -0.1) is 0 Å². The number of benzene rings is 1. The number of fused-ring (bicyclic) bond motifs is 1. The molecule has 0 unspecified atom stereocenters. The molecule has 1 aliphatic rings. The van der Waals surface area contributed by atoms with Gasteiger partial charge in [-0.2, -0.15) is 0 Å². The standard InChI is InChI=1S/C19H30N2O3/c1-12(2)16-6-5-15-7-8-18(17(15)9-16)20-19(24)21(10-14(4)23)13(3)11-22/h5-6,9,12-14,18,22-23H,7-8,10-11H2,1-4H3,(H,20,24)/t13-,14-,18+/m0/s1. The monoisotopic (exact) mass is 334 g/mol. The molecule has 1 aromatic rings. The van der Waals surface area contributed by atoms with Gasteiger partial charge < -0.3 is 20.4 Å². The van der Waals surface area contributed by atoms with Gasteiger partial charge in [0.2, 0.25) is 0 Å². The number of rotatable bonds is 6. The molecule has 5 nitrogen and oxygen atoms in total. The Balaban J connectivity index is 2.14. The Kier molecular flexibility index (Phi) is 6.24. The van der Waals surface area contributed by atoms with Crippen LogP contribution in [-0.4, -0.2) is 46.4 Å². The number of nitrogens with zero attached hydrogens (tertiary/aromatic N) is 1. The third-order valence-corrected chi connectivity index (χ3v) is 4.73. The fourth-order valence-corrected chi connectivity index (χ4v) is 3.21. The number of nitrogens with one attached hydrogen (secondary N) is 1. The van der Waals surface area contributed by atoms with Crippen LogP contribution in [0.15, 0.2) is 18.2 Å². The van der Waals surface area contributed by atoms with E-state index in [1.54, 1.807) is 13.8 Å². The summed E-state index contributed by atoms with van der Waals surface area (Å²) in [5.41, 5.74) is 3.77. The van der Waals surface area contributed by atoms with Crippen LogP contribution in [0.4, 0.5) is 4.79 Å². The topological polar surface area (TPSA) is 72.8 Å². The first-order chi connectivity index (χ1) is 11.3. The Morgan fingerprint density at radius 3 is 2.62 bits per heavy atom. The van der Waals surface area contributed by atoms with Crippen LogP contribution in [0, 0.1) is 0 Å². The summed E-state index contributed by atoms with van der Waals surface area (Å²) >= 11 is 0. The lowest BCUT2D eigenvalue weighted by Crippen LogP contribution is -2.49. The van der Waals surface area contributed by atoms with E-state index >= 15 is 0 Å². The highest BCUT2D eigenvalue weighted by atomic mass is 16.3. The van der Waals surface area contributed by atoms with Crippen molar-refractivity contribution >= 4 is 6.03 Å². The molecule has 2 rings (SSSR count). The molecule has 1 aromatic carbocycles. The number of aliphatic hydroxyl groups is 2. The first-order valence-electron chi connectivity index (χ1n) is 8.82. The number of hydrogen-bond donors (Lipinski definition) is 3. The van der Waals surface area contributed by atoms with Gasteiger partial charge in [-0.05, 0) is 49.3 Å². The Labute approximate surface area is 144 Å². The minimum absolute atomic E-state index is 0.00593. The maximum Gasteiger partial charge on any atom is 0.318 e. The Morgan fingerprint density at radius 2 is 2.04 bits per heavy atom. The smallest absolute Gasteiger partial charge is 0.318 e. The summed E-state index contributed by atoms with van der Waals surface area (Å²) in [5.74, 6) is 0.452. The Bertz CT molecular complexity index is 572. The molecule has 0 spiro atoms. The van der Waals surface area contributed by atoms with E-state index in [-0.39, 0.29) is 31.3 Å². The van der Waals surface area contributed by atoms with Crippen LogP contribution >= 0.6 is 0 Å². The minimum atomic E-state index is -0.631. The van der Waals surface area contributed by atoms with Gasteiger partial charge in [0.1, 0.15) is 0 Å². The van der Waals surface area contributed by atoms with E-state index in [9.17, 15) is 15.0 Å². The molecule has 134 valence electrons. The van der Waals surface area contributed by atoms with Crippen LogP contribution in [0.2, 0.25) is 0 Å². The highest BCUT2D eigenvalue weighted by Gasteiger charge is 2.28. The van der Waals surface area contributed by atoms with Crippen molar-refractivity contribution in [2.45, 2.75) is 64.6 Å². The fraction of sp³-hybridized carbons (Fsp3) is 0.632. The van der Waals surface area contributed by atoms with E-state index in [4.69, 9.17) is 0 Å². The molecule has 3 atom stereocenters. The predicted octanol–water partition coefficient (Wildman–Crippen LogP) is 2.57. The number of aliphatic hydroxyl groups excluding tert-OH is 2. The van der Waals surface area contributed by atoms with Crippen molar-refractivity contribution in [3.63, 3.8) is 0 Å². The van der Waals surface area contributed by atoms with Gasteiger partial charge in [-0.3, -0.25) is 0 Å². The maximum absolute atomic E-state index is 12.7. The summed E-state index contributed by atoms with van der Waals surface area (Å²) in [4.78, 5) is 14.2. The summed E-state index contributed by atoms with van der Waals surface area (Å²) in [6.45, 7) is 7.83. The van der Waals surface area contributed by atoms with Crippen molar-refractivity contribution in [3.8, 4) is 0 Å². The quantitative estimate of drug-likeness (QED) is 0.749. The van der Waals surface area contributed by atoms with Crippen molar-refractivity contribution < 1.29 is 15.0 Å². The molecule has 0 aromatic heterocycles. The van der Waals surface area contributed by atoms with E-state index in [1.165, 1.54) is 21.6 Å². The van der Waals surface area contributed by atoms with Gasteiger partial charge in [-0.25, -0.2) is 4.79 Å². The molecule has 5 heteroatoms. The third-order valence-electron chi connectivity index (χ3n) is 4.73. The van der Waals surface area contributed by atoms with Crippen LogP contribution in [0.5, 0.6) is 0 Å². The van der Waals surface area contributed by atoms with E-state index in [0.717, 1.165) is 12.8 Å². The van der Waals surface area contributed by atoms with Crippen molar-refractivity contribution in [3.05, 3.63) is 34.9 Å². The van der Waals surface area contributed by atoms with Crippen molar-refractivity contribution in [2.24, 2.45) is 0 Å². The molecule has 24 heavy (non-hydrogen) atoms. The minimum Gasteiger partial charge on any atom is -0.394 e. The number of amides is 2. The van der Waals surface area contributed by atoms with Crippen LogP contribution in [0.1, 0.15) is 62.8 Å². The van der Waals surface area contributed by atoms with Crippen LogP contribution in [0.3, 0.4) is 0 Å². The second-order valence-electron chi connectivity index (χ2n) is 7.19. The summed E-state index contributed by atoms with van der Waals surface area (Å²) in [7, 11) is 0. The zero-order valence-electron chi connectivity index (χ0n) is 15.1. The number of carbonyl (C=O) groups is 1. The lowest BCUT2D eigenvalue weighted by Gasteiger charge is -2.30. The van der Waals surface area contributed by atoms with E-state index in [2.05, 4.69) is 37.4 Å². The van der Waals surface area contributed by atoms with E-state index < -0.39 is 6.10 Å². The molecule has 3 N–H and O–H groups in total. The van der Waals surface area contributed by atoms with Gasteiger partial charge in [0.15, 0.2) is 0 Å². The lowest BCUT2D eigenvalue weighted by molar-refractivity contribution is 0.0924. The molecule has 0 radical (unpaired) electrons. The molecule has 0 bridgehead atoms. The van der Waals surface area contributed by atoms with Gasteiger partial charge in [-0.1, -0.05) is 32.0 Å². The fourth-order valence-electron chi connectivity index (χ4n) is 3.21. The van der Waals surface area contributed by atoms with Gasteiger partial charge >= 0.3 is 6.03 Å². The summed E-state index contributed by atoms with van der Waals surface area (Å²) < 4.78 is 0. The number of urea groups is 1. The van der Waals surface area contributed by atoms with Crippen LogP contribution in [0.25, 0.3) is 0 Å². The molecule has 1 aliphatic carbocycles. The first-order valence-corrected chi connectivity index (χ1v) is 8.82. The third kappa shape index (κ3) is 4.28. The van der Waals surface area contributed by atoms with E-state index in [1.807, 2.05) is 0 Å². The highest BCUT2D eigenvalue weighted by Crippen LogP contribution is 2.33. The zero-order valence-corrected chi connectivity index (χ0v) is 15.1.